The molecule has 0 atom stereocenters. The van der Waals surface area contributed by atoms with Crippen LogP contribution in [0.3, 0.4) is 0 Å². The van der Waals surface area contributed by atoms with Crippen molar-refractivity contribution in [3.63, 3.8) is 0 Å². The fraction of sp³-hybridized carbons (Fsp3) is 0.435. The molecule has 0 aliphatic heterocycles. The standard InChI is InChI=1S/C46H60N6/c1-43(2,3)25-33-16-20-39(47-29-33)51(40-21-17-34(30-48-40)26-44(4,5)6)37-14-13-15-38(24-37)52(41-22-18-35(31-49-41)27-45(7,8)9)42-23-19-36(32-50-42)28-46(10,11)12/h13-24,29-32H,25-28H2,1-12H3. The minimum absolute atomic E-state index is 0.170. The average molecular weight is 697 g/mol. The summed E-state index contributed by atoms with van der Waals surface area (Å²) in [6.45, 7) is 27.1. The van der Waals surface area contributed by atoms with Crippen molar-refractivity contribution in [1.29, 1.82) is 0 Å². The molecule has 0 N–H and O–H groups in total. The molecule has 0 saturated carbocycles. The molecule has 5 aromatic rings. The minimum atomic E-state index is 0.170. The van der Waals surface area contributed by atoms with E-state index in [9.17, 15) is 0 Å². The molecule has 0 fully saturated rings. The number of hydrogen-bond donors (Lipinski definition) is 0. The zero-order valence-electron chi connectivity index (χ0n) is 33.7. The second-order valence-corrected chi connectivity index (χ2v) is 19.2. The van der Waals surface area contributed by atoms with Crippen molar-refractivity contribution in [3.05, 3.63) is 120 Å². The third-order valence-corrected chi connectivity index (χ3v) is 8.44. The topological polar surface area (TPSA) is 58.0 Å². The number of pyridine rings is 4. The van der Waals surface area contributed by atoms with Crippen LogP contribution < -0.4 is 9.80 Å². The van der Waals surface area contributed by atoms with Crippen LogP contribution in [0.1, 0.15) is 105 Å². The van der Waals surface area contributed by atoms with Gasteiger partial charge in [0.05, 0.1) is 11.4 Å². The average Bonchev–Trinajstić information content (AvgIpc) is 3.02. The zero-order valence-corrected chi connectivity index (χ0v) is 33.7. The summed E-state index contributed by atoms with van der Waals surface area (Å²) in [5, 5.41) is 0. The second-order valence-electron chi connectivity index (χ2n) is 19.2. The van der Waals surface area contributed by atoms with Crippen LogP contribution in [0.5, 0.6) is 0 Å². The molecule has 6 heteroatoms. The second kappa shape index (κ2) is 15.2. The molecule has 4 aromatic heterocycles. The number of hydrogen-bond acceptors (Lipinski definition) is 6. The van der Waals surface area contributed by atoms with Crippen molar-refractivity contribution in [2.75, 3.05) is 9.80 Å². The Morgan fingerprint density at radius 1 is 0.365 bits per heavy atom. The lowest BCUT2D eigenvalue weighted by atomic mass is 9.89. The summed E-state index contributed by atoms with van der Waals surface area (Å²) in [7, 11) is 0. The molecule has 0 amide bonds. The van der Waals surface area contributed by atoms with Crippen molar-refractivity contribution in [2.45, 2.75) is 109 Å². The molecule has 0 unspecified atom stereocenters. The molecule has 52 heavy (non-hydrogen) atoms. The molecular weight excluding hydrogens is 637 g/mol. The summed E-state index contributed by atoms with van der Waals surface area (Å²) >= 11 is 0. The van der Waals surface area contributed by atoms with Crippen LogP contribution >= 0.6 is 0 Å². The van der Waals surface area contributed by atoms with Gasteiger partial charge in [-0.15, -0.1) is 0 Å². The van der Waals surface area contributed by atoms with Gasteiger partial charge in [-0.05, 0) is 112 Å². The van der Waals surface area contributed by atoms with Crippen LogP contribution in [0.25, 0.3) is 0 Å². The Hall–Kier alpha value is -4.58. The van der Waals surface area contributed by atoms with Crippen LogP contribution in [0.2, 0.25) is 0 Å². The van der Waals surface area contributed by atoms with Gasteiger partial charge in [0.25, 0.3) is 0 Å². The first-order valence-corrected chi connectivity index (χ1v) is 18.7. The number of benzene rings is 1. The third kappa shape index (κ3) is 11.2. The highest BCUT2D eigenvalue weighted by Gasteiger charge is 2.22. The van der Waals surface area contributed by atoms with E-state index in [-0.39, 0.29) is 21.7 Å². The number of aromatic nitrogens is 4. The van der Waals surface area contributed by atoms with Crippen molar-refractivity contribution < 1.29 is 0 Å². The lowest BCUT2D eigenvalue weighted by Gasteiger charge is -2.28. The van der Waals surface area contributed by atoms with Crippen molar-refractivity contribution in [2.24, 2.45) is 21.7 Å². The van der Waals surface area contributed by atoms with Gasteiger partial charge in [0, 0.05) is 24.8 Å². The summed E-state index contributed by atoms with van der Waals surface area (Å²) in [4.78, 5) is 24.3. The van der Waals surface area contributed by atoms with Gasteiger partial charge in [0.2, 0.25) is 0 Å². The minimum Gasteiger partial charge on any atom is -0.279 e. The summed E-state index contributed by atoms with van der Waals surface area (Å²) in [5.74, 6) is 3.25. The number of anilines is 6. The highest BCUT2D eigenvalue weighted by Crippen LogP contribution is 2.39. The normalized spacial score (nSPS) is 12.5. The van der Waals surface area contributed by atoms with E-state index < -0.39 is 0 Å². The van der Waals surface area contributed by atoms with Gasteiger partial charge in [0.1, 0.15) is 23.3 Å². The first kappa shape index (κ1) is 38.6. The zero-order chi connectivity index (χ0) is 37.9. The fourth-order valence-corrected chi connectivity index (χ4v) is 6.60. The Balaban J connectivity index is 1.60. The van der Waals surface area contributed by atoms with Crippen LogP contribution in [-0.2, 0) is 25.7 Å². The first-order valence-electron chi connectivity index (χ1n) is 18.7. The van der Waals surface area contributed by atoms with Gasteiger partial charge in [0.15, 0.2) is 0 Å². The molecule has 6 nitrogen and oxygen atoms in total. The summed E-state index contributed by atoms with van der Waals surface area (Å²) in [6, 6.07) is 25.7. The molecule has 0 spiro atoms. The largest absolute Gasteiger partial charge is 0.279 e. The smallest absolute Gasteiger partial charge is 0.138 e. The lowest BCUT2D eigenvalue weighted by Crippen LogP contribution is -2.17. The molecule has 4 heterocycles. The van der Waals surface area contributed by atoms with Gasteiger partial charge in [-0.25, -0.2) is 19.9 Å². The predicted molar refractivity (Wildman–Crippen MR) is 220 cm³/mol. The van der Waals surface area contributed by atoms with E-state index in [0.717, 1.165) is 60.3 Å². The molecule has 1 aromatic carbocycles. The van der Waals surface area contributed by atoms with Gasteiger partial charge in [-0.3, -0.25) is 9.80 Å². The van der Waals surface area contributed by atoms with E-state index in [0.29, 0.717) is 0 Å². The van der Waals surface area contributed by atoms with Gasteiger partial charge in [-0.2, -0.15) is 0 Å². The van der Waals surface area contributed by atoms with E-state index in [1.54, 1.807) is 0 Å². The molecule has 0 saturated heterocycles. The van der Waals surface area contributed by atoms with Crippen LogP contribution in [-0.4, -0.2) is 19.9 Å². The molecule has 0 aliphatic carbocycles. The Morgan fingerprint density at radius 2 is 0.615 bits per heavy atom. The van der Waals surface area contributed by atoms with Gasteiger partial charge in [-0.1, -0.05) is 113 Å². The highest BCUT2D eigenvalue weighted by molar-refractivity contribution is 5.79. The van der Waals surface area contributed by atoms with Crippen LogP contribution in [0, 0.1) is 21.7 Å². The molecule has 274 valence electrons. The van der Waals surface area contributed by atoms with E-state index in [1.807, 2.05) is 24.8 Å². The number of nitrogens with zero attached hydrogens (tertiary/aromatic N) is 6. The van der Waals surface area contributed by atoms with Crippen molar-refractivity contribution in [1.82, 2.24) is 19.9 Å². The maximum Gasteiger partial charge on any atom is 0.138 e. The first-order chi connectivity index (χ1) is 24.2. The van der Waals surface area contributed by atoms with E-state index in [4.69, 9.17) is 19.9 Å². The SMILES string of the molecule is CC(C)(C)Cc1ccc(N(c2cccc(N(c3ccc(CC(C)(C)C)cn3)c3ccc(CC(C)(C)C)cn3)c2)c2ccc(CC(C)(C)C)cn2)nc1. The summed E-state index contributed by atoms with van der Waals surface area (Å²) in [6.07, 6.45) is 11.8. The van der Waals surface area contributed by atoms with Crippen molar-refractivity contribution >= 4 is 34.6 Å². The Morgan fingerprint density at radius 3 is 0.808 bits per heavy atom. The number of rotatable bonds is 10. The fourth-order valence-electron chi connectivity index (χ4n) is 6.60. The molecule has 0 bridgehead atoms. The van der Waals surface area contributed by atoms with Gasteiger partial charge >= 0.3 is 0 Å². The van der Waals surface area contributed by atoms with E-state index in [2.05, 4.69) is 166 Å². The van der Waals surface area contributed by atoms with Crippen molar-refractivity contribution in [3.8, 4) is 0 Å². The summed E-state index contributed by atoms with van der Waals surface area (Å²) in [5.41, 5.74) is 7.43. The van der Waals surface area contributed by atoms with Crippen LogP contribution in [0.15, 0.2) is 97.6 Å². The highest BCUT2D eigenvalue weighted by atomic mass is 15.3. The quantitative estimate of drug-likeness (QED) is 0.145. The maximum absolute atomic E-state index is 5.01. The molecule has 0 aliphatic rings. The van der Waals surface area contributed by atoms with Crippen LogP contribution in [0.4, 0.5) is 34.6 Å². The molecule has 0 radical (unpaired) electrons. The van der Waals surface area contributed by atoms with E-state index in [1.165, 1.54) is 22.3 Å². The molecule has 5 rings (SSSR count). The Labute approximate surface area is 313 Å². The summed E-state index contributed by atoms with van der Waals surface area (Å²) < 4.78 is 0. The van der Waals surface area contributed by atoms with E-state index >= 15 is 0 Å². The predicted octanol–water partition coefficient (Wildman–Crippen LogP) is 12.6. The molecular formula is C46H60N6. The maximum atomic E-state index is 5.01. The Bertz CT molecular complexity index is 1630. The third-order valence-electron chi connectivity index (χ3n) is 8.44. The van der Waals surface area contributed by atoms with Gasteiger partial charge < -0.3 is 0 Å². The lowest BCUT2D eigenvalue weighted by molar-refractivity contribution is 0.410. The Kier molecular flexibility index (Phi) is 11.3. The monoisotopic (exact) mass is 696 g/mol.